The third-order valence-electron chi connectivity index (χ3n) is 6.56. The fourth-order valence-electron chi connectivity index (χ4n) is 4.61. The van der Waals surface area contributed by atoms with Crippen LogP contribution in [0.4, 0.5) is 14.5 Å². The van der Waals surface area contributed by atoms with Gasteiger partial charge >= 0.3 is 0 Å². The van der Waals surface area contributed by atoms with E-state index < -0.39 is 17.0 Å². The fourth-order valence-corrected chi connectivity index (χ4v) is 4.86. The number of pyridine rings is 1. The minimum atomic E-state index is -0.475. The van der Waals surface area contributed by atoms with Crippen LogP contribution in [0.2, 0.25) is 5.02 Å². The molecule has 1 spiro atoms. The maximum absolute atomic E-state index is 13.8. The minimum Gasteiger partial charge on any atom is -0.348 e. The summed E-state index contributed by atoms with van der Waals surface area (Å²) in [6, 6.07) is 5.42. The number of aromatic nitrogens is 1. The van der Waals surface area contributed by atoms with E-state index in [0.29, 0.717) is 49.9 Å². The standard InChI is InChI=1S/C23H24ClF2N3O2/c1-13-11-20(16(24)12-18(13)26)29-10-9-23(22(29)31)7-5-15(6-8-23)28-21(30)19-4-3-17(25)14(2)27-19/h3-4,11-12,15H,5-10H2,1-2H3,(H,28,30). The molecule has 2 aliphatic rings. The van der Waals surface area contributed by atoms with E-state index in [0.717, 1.165) is 0 Å². The molecule has 0 atom stereocenters. The van der Waals surface area contributed by atoms with E-state index >= 15 is 0 Å². The molecule has 2 heterocycles. The summed E-state index contributed by atoms with van der Waals surface area (Å²) in [7, 11) is 0. The highest BCUT2D eigenvalue weighted by molar-refractivity contribution is 6.34. The van der Waals surface area contributed by atoms with Crippen molar-refractivity contribution in [1.82, 2.24) is 10.3 Å². The number of amides is 2. The Kier molecular flexibility index (Phi) is 5.73. The lowest BCUT2D eigenvalue weighted by Gasteiger charge is -2.36. The molecule has 2 amide bonds. The zero-order valence-electron chi connectivity index (χ0n) is 17.5. The Balaban J connectivity index is 1.41. The van der Waals surface area contributed by atoms with Crippen molar-refractivity contribution < 1.29 is 18.4 Å². The van der Waals surface area contributed by atoms with Gasteiger partial charge in [-0.3, -0.25) is 9.59 Å². The number of anilines is 1. The van der Waals surface area contributed by atoms with Crippen LogP contribution in [0.25, 0.3) is 0 Å². The van der Waals surface area contributed by atoms with E-state index in [1.54, 1.807) is 17.9 Å². The number of nitrogens with one attached hydrogen (secondary N) is 1. The van der Waals surface area contributed by atoms with Gasteiger partial charge in [0.1, 0.15) is 17.3 Å². The molecule has 8 heteroatoms. The molecule has 2 aromatic rings. The van der Waals surface area contributed by atoms with Crippen LogP contribution in [-0.2, 0) is 4.79 Å². The summed E-state index contributed by atoms with van der Waals surface area (Å²) in [6.07, 6.45) is 3.35. The summed E-state index contributed by atoms with van der Waals surface area (Å²) in [5, 5.41) is 3.19. The normalized spacial score (nSPS) is 23.5. The number of nitrogens with zero attached hydrogens (tertiary/aromatic N) is 2. The first-order valence-corrected chi connectivity index (χ1v) is 10.8. The Morgan fingerprint density at radius 1 is 1.16 bits per heavy atom. The van der Waals surface area contributed by atoms with Crippen molar-refractivity contribution in [2.45, 2.75) is 52.0 Å². The second-order valence-corrected chi connectivity index (χ2v) is 8.96. The predicted molar refractivity (Wildman–Crippen MR) is 114 cm³/mol. The number of carbonyl (C=O) groups is 2. The van der Waals surface area contributed by atoms with Crippen LogP contribution >= 0.6 is 11.6 Å². The quantitative estimate of drug-likeness (QED) is 0.740. The summed E-state index contributed by atoms with van der Waals surface area (Å²) in [5.41, 5.74) is 0.891. The maximum atomic E-state index is 13.8. The average Bonchev–Trinajstić information content (AvgIpc) is 3.04. The summed E-state index contributed by atoms with van der Waals surface area (Å²) >= 11 is 6.22. The Hall–Kier alpha value is -2.54. The lowest BCUT2D eigenvalue weighted by atomic mass is 9.71. The van der Waals surface area contributed by atoms with Gasteiger partial charge in [-0.15, -0.1) is 0 Å². The number of halogens is 3. The van der Waals surface area contributed by atoms with Gasteiger partial charge in [0.25, 0.3) is 5.91 Å². The van der Waals surface area contributed by atoms with Crippen molar-refractivity contribution in [3.8, 4) is 0 Å². The number of benzene rings is 1. The molecule has 1 saturated carbocycles. The highest BCUT2D eigenvalue weighted by atomic mass is 35.5. The number of carbonyl (C=O) groups excluding carboxylic acids is 2. The molecule has 1 aliphatic heterocycles. The third kappa shape index (κ3) is 4.03. The van der Waals surface area contributed by atoms with Gasteiger partial charge in [-0.25, -0.2) is 13.8 Å². The summed E-state index contributed by atoms with van der Waals surface area (Å²) in [5.74, 6) is -1.16. The average molecular weight is 448 g/mol. The van der Waals surface area contributed by atoms with Crippen LogP contribution in [0.3, 0.4) is 0 Å². The number of aryl methyl sites for hydroxylation is 2. The van der Waals surface area contributed by atoms with E-state index in [2.05, 4.69) is 10.3 Å². The molecular formula is C23H24ClF2N3O2. The SMILES string of the molecule is Cc1cc(N2CCC3(CCC(NC(=O)c4ccc(F)c(C)n4)CC3)C2=O)c(Cl)cc1F. The maximum Gasteiger partial charge on any atom is 0.270 e. The Morgan fingerprint density at radius 2 is 1.87 bits per heavy atom. The number of rotatable bonds is 3. The van der Waals surface area contributed by atoms with E-state index in [-0.39, 0.29) is 34.3 Å². The van der Waals surface area contributed by atoms with Crippen LogP contribution in [-0.4, -0.2) is 29.4 Å². The van der Waals surface area contributed by atoms with Gasteiger partial charge in [-0.1, -0.05) is 11.6 Å². The molecule has 1 aliphatic carbocycles. The molecule has 0 unspecified atom stereocenters. The molecule has 31 heavy (non-hydrogen) atoms. The van der Waals surface area contributed by atoms with Crippen LogP contribution < -0.4 is 10.2 Å². The Bertz CT molecular complexity index is 1050. The topological polar surface area (TPSA) is 62.3 Å². The van der Waals surface area contributed by atoms with E-state index in [4.69, 9.17) is 11.6 Å². The van der Waals surface area contributed by atoms with Crippen molar-refractivity contribution in [3.05, 3.63) is 57.9 Å². The fraction of sp³-hybridized carbons (Fsp3) is 0.435. The van der Waals surface area contributed by atoms with Crippen molar-refractivity contribution in [2.24, 2.45) is 5.41 Å². The van der Waals surface area contributed by atoms with Gasteiger partial charge in [0.2, 0.25) is 5.91 Å². The highest BCUT2D eigenvalue weighted by Crippen LogP contribution is 2.47. The number of hydrogen-bond acceptors (Lipinski definition) is 3. The molecule has 2 fully saturated rings. The van der Waals surface area contributed by atoms with Crippen LogP contribution in [0.15, 0.2) is 24.3 Å². The highest BCUT2D eigenvalue weighted by Gasteiger charge is 2.49. The monoisotopic (exact) mass is 447 g/mol. The first kappa shape index (κ1) is 21.7. The van der Waals surface area contributed by atoms with Crippen molar-refractivity contribution in [2.75, 3.05) is 11.4 Å². The molecule has 0 bridgehead atoms. The second kappa shape index (κ2) is 8.19. The van der Waals surface area contributed by atoms with Crippen LogP contribution in [0.1, 0.15) is 53.8 Å². The van der Waals surface area contributed by atoms with Gasteiger partial charge in [0.05, 0.1) is 21.8 Å². The lowest BCUT2D eigenvalue weighted by Crippen LogP contribution is -2.44. The Labute approximate surface area is 184 Å². The molecule has 4 rings (SSSR count). The minimum absolute atomic E-state index is 0.0148. The summed E-state index contributed by atoms with van der Waals surface area (Å²) < 4.78 is 27.1. The molecule has 1 aromatic carbocycles. The smallest absolute Gasteiger partial charge is 0.270 e. The molecule has 0 radical (unpaired) electrons. The molecule has 164 valence electrons. The van der Waals surface area contributed by atoms with E-state index in [1.807, 2.05) is 0 Å². The van der Waals surface area contributed by atoms with Crippen molar-refractivity contribution in [3.63, 3.8) is 0 Å². The predicted octanol–water partition coefficient (Wildman–Crippen LogP) is 4.73. The molecule has 1 aromatic heterocycles. The van der Waals surface area contributed by atoms with E-state index in [1.165, 1.54) is 25.1 Å². The van der Waals surface area contributed by atoms with Gasteiger partial charge in [-0.2, -0.15) is 0 Å². The van der Waals surface area contributed by atoms with Crippen LogP contribution in [0, 0.1) is 30.9 Å². The Morgan fingerprint density at radius 3 is 2.55 bits per heavy atom. The largest absolute Gasteiger partial charge is 0.348 e. The van der Waals surface area contributed by atoms with Gasteiger partial charge in [-0.05, 0) is 75.8 Å². The zero-order valence-corrected chi connectivity index (χ0v) is 18.2. The first-order chi connectivity index (χ1) is 14.7. The summed E-state index contributed by atoms with van der Waals surface area (Å²) in [4.78, 5) is 31.4. The number of hydrogen-bond donors (Lipinski definition) is 1. The molecule has 5 nitrogen and oxygen atoms in total. The van der Waals surface area contributed by atoms with Crippen molar-refractivity contribution in [1.29, 1.82) is 0 Å². The zero-order chi connectivity index (χ0) is 22.3. The van der Waals surface area contributed by atoms with Gasteiger partial charge in [0.15, 0.2) is 0 Å². The molecular weight excluding hydrogens is 424 g/mol. The first-order valence-electron chi connectivity index (χ1n) is 10.4. The molecule has 1 saturated heterocycles. The second-order valence-electron chi connectivity index (χ2n) is 8.55. The van der Waals surface area contributed by atoms with Gasteiger partial charge < -0.3 is 10.2 Å². The third-order valence-corrected chi connectivity index (χ3v) is 6.87. The van der Waals surface area contributed by atoms with Gasteiger partial charge in [0, 0.05) is 12.6 Å². The van der Waals surface area contributed by atoms with E-state index in [9.17, 15) is 18.4 Å². The summed E-state index contributed by atoms with van der Waals surface area (Å²) in [6.45, 7) is 3.71. The molecule has 1 N–H and O–H groups in total. The lowest BCUT2D eigenvalue weighted by molar-refractivity contribution is -0.127. The van der Waals surface area contributed by atoms with Crippen LogP contribution in [0.5, 0.6) is 0 Å². The van der Waals surface area contributed by atoms with Crippen molar-refractivity contribution >= 4 is 29.1 Å².